The molecule has 1 aromatic heterocycles. The van der Waals surface area contributed by atoms with Crippen molar-refractivity contribution in [2.24, 2.45) is 0 Å². The highest BCUT2D eigenvalue weighted by molar-refractivity contribution is 5.93. The molecule has 0 saturated carbocycles. The number of hydrogen-bond acceptors (Lipinski definition) is 12. The largest absolute Gasteiger partial charge is 0.504 e. The molecule has 1 aliphatic heterocycles. The van der Waals surface area contributed by atoms with E-state index in [1.807, 2.05) is 19.1 Å². The number of aliphatic hydroxyl groups excluding tert-OH is 4. The number of aliphatic hydroxyl groups is 4. The fraction of sp³-hybridized carbons (Fsp3) is 0.400. The number of carbonyl (C=O) groups is 1. The number of aromatic nitrogens is 3. The fourth-order valence-electron chi connectivity index (χ4n) is 4.29. The van der Waals surface area contributed by atoms with Gasteiger partial charge in [-0.15, -0.1) is 5.10 Å². The van der Waals surface area contributed by atoms with Crippen molar-refractivity contribution in [1.82, 2.24) is 15.0 Å². The van der Waals surface area contributed by atoms with Crippen LogP contribution in [-0.2, 0) is 28.9 Å². The number of phenols is 3. The number of nitrogens with zero attached hydrogens (tertiary/aromatic N) is 3. The number of esters is 1. The Labute approximate surface area is 216 Å². The molecule has 4 rings (SSSR count). The highest BCUT2D eigenvalue weighted by Gasteiger charge is 2.45. The van der Waals surface area contributed by atoms with Gasteiger partial charge in [-0.05, 0) is 35.2 Å². The second kappa shape index (κ2) is 11.3. The lowest BCUT2D eigenvalue weighted by molar-refractivity contribution is -0.254. The lowest BCUT2D eigenvalue weighted by Crippen LogP contribution is -2.56. The molecule has 38 heavy (non-hydrogen) atoms. The third-order valence-electron chi connectivity index (χ3n) is 6.38. The predicted octanol–water partition coefficient (Wildman–Crippen LogP) is -0.123. The topological polar surface area (TPSA) is 208 Å². The highest BCUT2D eigenvalue weighted by Crippen LogP contribution is 2.37. The maximum atomic E-state index is 12.5. The molecule has 13 nitrogen and oxygen atoms in total. The Morgan fingerprint density at radius 1 is 1.00 bits per heavy atom. The molecule has 0 bridgehead atoms. The van der Waals surface area contributed by atoms with Gasteiger partial charge in [-0.3, -0.25) is 0 Å². The van der Waals surface area contributed by atoms with Crippen LogP contribution < -0.4 is 0 Å². The Balaban J connectivity index is 1.53. The Bertz CT molecular complexity index is 1290. The minimum Gasteiger partial charge on any atom is -0.504 e. The van der Waals surface area contributed by atoms with Crippen LogP contribution in [0.25, 0.3) is 0 Å². The van der Waals surface area contributed by atoms with E-state index in [1.165, 1.54) is 10.9 Å². The standard InChI is InChI=1S/C25H29N3O10/c1-2-12-5-13(7-14(6-12)11-37-25(36)16-3-4-17(30)20(32)19(16)31)8-15-9-26-27-28(15)24-23(35)22(34)21(33)18(10-29)38-24/h3-7,9,18,21-24,29-35H,2,8,10-11H2,1H3. The summed E-state index contributed by atoms with van der Waals surface area (Å²) >= 11 is 0. The van der Waals surface area contributed by atoms with Gasteiger partial charge < -0.3 is 45.2 Å². The average Bonchev–Trinajstić information content (AvgIpc) is 3.36. The lowest BCUT2D eigenvalue weighted by Gasteiger charge is -2.40. The SMILES string of the molecule is CCc1cc(COC(=O)c2ccc(O)c(O)c2O)cc(Cc2cnnn2C2OC(CO)C(O)C(O)C2O)c1. The van der Waals surface area contributed by atoms with Gasteiger partial charge in [0.1, 0.15) is 36.6 Å². The average molecular weight is 532 g/mol. The molecule has 2 aromatic carbocycles. The summed E-state index contributed by atoms with van der Waals surface area (Å²) in [5.74, 6) is -3.07. The highest BCUT2D eigenvalue weighted by atomic mass is 16.6. The van der Waals surface area contributed by atoms with E-state index in [0.717, 1.165) is 23.3 Å². The number of phenolic OH excluding ortho intramolecular Hbond substituents is 3. The van der Waals surface area contributed by atoms with Crippen LogP contribution in [0.3, 0.4) is 0 Å². The van der Waals surface area contributed by atoms with E-state index < -0.39 is 60.5 Å². The minimum absolute atomic E-state index is 0.148. The van der Waals surface area contributed by atoms with E-state index in [1.54, 1.807) is 6.07 Å². The second-order valence-corrected chi connectivity index (χ2v) is 8.98. The molecule has 7 N–H and O–H groups in total. The van der Waals surface area contributed by atoms with Gasteiger partial charge in [0.25, 0.3) is 0 Å². The number of ether oxygens (including phenoxy) is 2. The first-order valence-corrected chi connectivity index (χ1v) is 11.9. The molecule has 5 atom stereocenters. The number of hydrogen-bond donors (Lipinski definition) is 7. The molecular weight excluding hydrogens is 502 g/mol. The van der Waals surface area contributed by atoms with Crippen LogP contribution in [0.15, 0.2) is 36.5 Å². The van der Waals surface area contributed by atoms with E-state index in [0.29, 0.717) is 17.7 Å². The summed E-state index contributed by atoms with van der Waals surface area (Å²) in [7, 11) is 0. The molecular formula is C25H29N3O10. The number of aryl methyl sites for hydroxylation is 1. The van der Waals surface area contributed by atoms with Crippen molar-refractivity contribution in [3.8, 4) is 17.2 Å². The first-order chi connectivity index (χ1) is 18.1. The molecule has 0 spiro atoms. The molecule has 1 aliphatic rings. The van der Waals surface area contributed by atoms with Crippen molar-refractivity contribution in [1.29, 1.82) is 0 Å². The van der Waals surface area contributed by atoms with Crippen LogP contribution in [0, 0.1) is 0 Å². The molecule has 3 aromatic rings. The van der Waals surface area contributed by atoms with Crippen molar-refractivity contribution >= 4 is 5.97 Å². The zero-order valence-corrected chi connectivity index (χ0v) is 20.4. The van der Waals surface area contributed by atoms with Gasteiger partial charge in [0.15, 0.2) is 17.7 Å². The minimum atomic E-state index is -1.57. The summed E-state index contributed by atoms with van der Waals surface area (Å²) < 4.78 is 12.2. The Morgan fingerprint density at radius 3 is 2.42 bits per heavy atom. The van der Waals surface area contributed by atoms with Crippen molar-refractivity contribution < 1.29 is 50.0 Å². The third kappa shape index (κ3) is 5.42. The third-order valence-corrected chi connectivity index (χ3v) is 6.38. The summed E-state index contributed by atoms with van der Waals surface area (Å²) in [6, 6.07) is 7.75. The molecule has 5 unspecified atom stereocenters. The number of benzene rings is 2. The molecule has 1 saturated heterocycles. The monoisotopic (exact) mass is 531 g/mol. The van der Waals surface area contributed by atoms with Gasteiger partial charge in [0.2, 0.25) is 5.75 Å². The van der Waals surface area contributed by atoms with Gasteiger partial charge in [0, 0.05) is 6.42 Å². The second-order valence-electron chi connectivity index (χ2n) is 8.98. The first kappa shape index (κ1) is 27.3. The van der Waals surface area contributed by atoms with Crippen LogP contribution in [0.1, 0.15) is 45.9 Å². The Hall–Kier alpha value is -3.75. The van der Waals surface area contributed by atoms with Gasteiger partial charge in [0.05, 0.1) is 18.5 Å². The van der Waals surface area contributed by atoms with Crippen LogP contribution in [0.4, 0.5) is 0 Å². The van der Waals surface area contributed by atoms with Crippen molar-refractivity contribution in [3.63, 3.8) is 0 Å². The molecule has 13 heteroatoms. The van der Waals surface area contributed by atoms with Gasteiger partial charge >= 0.3 is 5.97 Å². The van der Waals surface area contributed by atoms with Crippen molar-refractivity contribution in [3.05, 3.63) is 64.5 Å². The molecule has 0 radical (unpaired) electrons. The lowest BCUT2D eigenvalue weighted by atomic mass is 9.98. The van der Waals surface area contributed by atoms with Gasteiger partial charge in [-0.2, -0.15) is 0 Å². The van der Waals surface area contributed by atoms with E-state index >= 15 is 0 Å². The van der Waals surface area contributed by atoms with Crippen molar-refractivity contribution in [2.75, 3.05) is 6.61 Å². The van der Waals surface area contributed by atoms with Crippen LogP contribution >= 0.6 is 0 Å². The molecule has 204 valence electrons. The van der Waals surface area contributed by atoms with E-state index in [2.05, 4.69) is 10.3 Å². The van der Waals surface area contributed by atoms with Crippen LogP contribution in [-0.4, -0.2) is 87.7 Å². The predicted molar refractivity (Wildman–Crippen MR) is 128 cm³/mol. The number of carbonyl (C=O) groups excluding carboxylic acids is 1. The fourth-order valence-corrected chi connectivity index (χ4v) is 4.29. The summed E-state index contributed by atoms with van der Waals surface area (Å²) in [6.45, 7) is 1.23. The quantitative estimate of drug-likeness (QED) is 0.150. The summed E-state index contributed by atoms with van der Waals surface area (Å²) in [6.07, 6.45) is -4.50. The normalized spacial score (nSPS) is 23.3. The molecule has 0 aliphatic carbocycles. The number of aromatic hydroxyl groups is 3. The molecule has 0 amide bonds. The molecule has 1 fully saturated rings. The molecule has 2 heterocycles. The van der Waals surface area contributed by atoms with E-state index in [9.17, 15) is 40.5 Å². The summed E-state index contributed by atoms with van der Waals surface area (Å²) in [5.41, 5.74) is 2.57. The van der Waals surface area contributed by atoms with E-state index in [4.69, 9.17) is 9.47 Å². The first-order valence-electron chi connectivity index (χ1n) is 11.9. The maximum absolute atomic E-state index is 12.5. The van der Waals surface area contributed by atoms with Gasteiger partial charge in [-0.25, -0.2) is 9.48 Å². The number of rotatable bonds is 8. The Morgan fingerprint density at radius 2 is 1.71 bits per heavy atom. The van der Waals surface area contributed by atoms with E-state index in [-0.39, 0.29) is 18.6 Å². The smallest absolute Gasteiger partial charge is 0.342 e. The van der Waals surface area contributed by atoms with Gasteiger partial charge in [-0.1, -0.05) is 30.3 Å². The Kier molecular flexibility index (Phi) is 8.14. The zero-order valence-electron chi connectivity index (χ0n) is 20.4. The van der Waals surface area contributed by atoms with Crippen molar-refractivity contribution in [2.45, 2.75) is 57.0 Å². The van der Waals surface area contributed by atoms with Crippen LogP contribution in [0.2, 0.25) is 0 Å². The zero-order chi connectivity index (χ0) is 27.6. The van der Waals surface area contributed by atoms with Crippen LogP contribution in [0.5, 0.6) is 17.2 Å². The summed E-state index contributed by atoms with van der Waals surface area (Å²) in [5, 5.41) is 77.1. The maximum Gasteiger partial charge on any atom is 0.342 e. The summed E-state index contributed by atoms with van der Waals surface area (Å²) in [4.78, 5) is 12.5.